The number of rotatable bonds is 1. The van der Waals surface area contributed by atoms with Crippen molar-refractivity contribution < 1.29 is 4.79 Å². The van der Waals surface area contributed by atoms with Crippen molar-refractivity contribution in [2.75, 3.05) is 18.8 Å². The van der Waals surface area contributed by atoms with Crippen molar-refractivity contribution in [3.63, 3.8) is 0 Å². The highest BCUT2D eigenvalue weighted by molar-refractivity contribution is 5.73. The summed E-state index contributed by atoms with van der Waals surface area (Å²) >= 11 is 0. The van der Waals surface area contributed by atoms with Crippen molar-refractivity contribution in [2.24, 2.45) is 0 Å². The number of likely N-dealkylation sites (tertiary alicyclic amines) is 1. The van der Waals surface area contributed by atoms with Gasteiger partial charge in [-0.1, -0.05) is 12.1 Å². The Hall–Kier alpha value is -1.51. The molecule has 0 spiro atoms. The monoisotopic (exact) mass is 204 g/mol. The maximum Gasteiger partial charge on any atom is 0.219 e. The summed E-state index contributed by atoms with van der Waals surface area (Å²) in [5, 5.41) is 0. The van der Waals surface area contributed by atoms with Crippen molar-refractivity contribution in [3.8, 4) is 0 Å². The smallest absolute Gasteiger partial charge is 0.219 e. The minimum absolute atomic E-state index is 0.168. The fraction of sp³-hybridized carbons (Fsp3) is 0.417. The molecule has 1 fully saturated rings. The van der Waals surface area contributed by atoms with Gasteiger partial charge in [-0.25, -0.2) is 0 Å². The number of amides is 1. The fourth-order valence-electron chi connectivity index (χ4n) is 2.13. The maximum atomic E-state index is 11.2. The number of hydrogen-bond acceptors (Lipinski definition) is 2. The first kappa shape index (κ1) is 10.0. The van der Waals surface area contributed by atoms with E-state index in [2.05, 4.69) is 6.07 Å². The molecule has 2 N–H and O–H groups in total. The predicted molar refractivity (Wildman–Crippen MR) is 60.5 cm³/mol. The predicted octanol–water partition coefficient (Wildman–Crippen LogP) is 1.60. The molecular formula is C12H16N2O. The number of carbonyl (C=O) groups is 1. The molecule has 2 rings (SSSR count). The second kappa shape index (κ2) is 3.93. The van der Waals surface area contributed by atoms with Crippen molar-refractivity contribution in [1.29, 1.82) is 0 Å². The van der Waals surface area contributed by atoms with E-state index in [4.69, 9.17) is 5.73 Å². The third kappa shape index (κ3) is 2.12. The maximum absolute atomic E-state index is 11.2. The molecule has 1 aromatic carbocycles. The molecule has 1 heterocycles. The van der Waals surface area contributed by atoms with Crippen LogP contribution in [0.5, 0.6) is 0 Å². The number of nitrogens with two attached hydrogens (primary N) is 1. The van der Waals surface area contributed by atoms with Gasteiger partial charge in [0.05, 0.1) is 0 Å². The number of hydrogen-bond donors (Lipinski definition) is 1. The van der Waals surface area contributed by atoms with Crippen LogP contribution in [-0.4, -0.2) is 23.9 Å². The first-order chi connectivity index (χ1) is 7.16. The summed E-state index contributed by atoms with van der Waals surface area (Å²) in [6.07, 6.45) is 1.04. The Morgan fingerprint density at radius 3 is 2.93 bits per heavy atom. The van der Waals surface area contributed by atoms with Gasteiger partial charge in [-0.3, -0.25) is 4.79 Å². The van der Waals surface area contributed by atoms with Crippen LogP contribution >= 0.6 is 0 Å². The van der Waals surface area contributed by atoms with Crippen molar-refractivity contribution in [1.82, 2.24) is 4.90 Å². The van der Waals surface area contributed by atoms with Crippen LogP contribution in [0.25, 0.3) is 0 Å². The Bertz CT molecular complexity index is 376. The molecule has 1 aliphatic heterocycles. The van der Waals surface area contributed by atoms with E-state index in [0.717, 1.165) is 25.2 Å². The summed E-state index contributed by atoms with van der Waals surface area (Å²) in [4.78, 5) is 13.1. The third-order valence-corrected chi connectivity index (χ3v) is 3.02. The molecule has 0 bridgehead atoms. The van der Waals surface area contributed by atoms with Crippen LogP contribution in [0.2, 0.25) is 0 Å². The largest absolute Gasteiger partial charge is 0.399 e. The van der Waals surface area contributed by atoms with Crippen LogP contribution in [0, 0.1) is 0 Å². The molecule has 1 unspecified atom stereocenters. The number of anilines is 1. The Kier molecular flexibility index (Phi) is 2.62. The quantitative estimate of drug-likeness (QED) is 0.706. The van der Waals surface area contributed by atoms with Crippen molar-refractivity contribution in [2.45, 2.75) is 19.3 Å². The van der Waals surface area contributed by atoms with Crippen LogP contribution in [0.4, 0.5) is 5.69 Å². The Labute approximate surface area is 89.9 Å². The molecule has 0 aliphatic carbocycles. The minimum atomic E-state index is 0.168. The van der Waals surface area contributed by atoms with Gasteiger partial charge in [0.25, 0.3) is 0 Å². The van der Waals surface area contributed by atoms with E-state index >= 15 is 0 Å². The van der Waals surface area contributed by atoms with Gasteiger partial charge in [0, 0.05) is 31.6 Å². The van der Waals surface area contributed by atoms with E-state index in [1.807, 2.05) is 23.1 Å². The molecule has 0 saturated carbocycles. The zero-order chi connectivity index (χ0) is 10.8. The van der Waals surface area contributed by atoms with Crippen LogP contribution in [0.15, 0.2) is 24.3 Å². The zero-order valence-corrected chi connectivity index (χ0v) is 8.94. The highest BCUT2D eigenvalue weighted by atomic mass is 16.2. The van der Waals surface area contributed by atoms with Crippen LogP contribution in [0.3, 0.4) is 0 Å². The molecule has 15 heavy (non-hydrogen) atoms. The van der Waals surface area contributed by atoms with Gasteiger partial charge in [-0.15, -0.1) is 0 Å². The lowest BCUT2D eigenvalue weighted by molar-refractivity contribution is -0.127. The minimum Gasteiger partial charge on any atom is -0.399 e. The van der Waals surface area contributed by atoms with Gasteiger partial charge < -0.3 is 10.6 Å². The van der Waals surface area contributed by atoms with E-state index in [-0.39, 0.29) is 5.91 Å². The van der Waals surface area contributed by atoms with E-state index in [1.165, 1.54) is 5.56 Å². The zero-order valence-electron chi connectivity index (χ0n) is 8.94. The Balaban J connectivity index is 2.11. The van der Waals surface area contributed by atoms with Gasteiger partial charge in [-0.2, -0.15) is 0 Å². The second-order valence-electron chi connectivity index (χ2n) is 4.12. The average molecular weight is 204 g/mol. The van der Waals surface area contributed by atoms with E-state index in [1.54, 1.807) is 6.92 Å². The standard InChI is InChI=1S/C12H16N2O/c1-9(15)14-6-5-11(8-14)10-3-2-4-12(13)7-10/h2-4,7,11H,5-6,8,13H2,1H3. The summed E-state index contributed by atoms with van der Waals surface area (Å²) in [5.74, 6) is 0.624. The lowest BCUT2D eigenvalue weighted by Crippen LogP contribution is -2.25. The van der Waals surface area contributed by atoms with Crippen LogP contribution in [0.1, 0.15) is 24.8 Å². The van der Waals surface area contributed by atoms with Gasteiger partial charge in [0.2, 0.25) is 5.91 Å². The summed E-state index contributed by atoms with van der Waals surface area (Å²) in [7, 11) is 0. The Morgan fingerprint density at radius 1 is 1.53 bits per heavy atom. The van der Waals surface area contributed by atoms with Gasteiger partial charge >= 0.3 is 0 Å². The first-order valence-electron chi connectivity index (χ1n) is 5.28. The summed E-state index contributed by atoms with van der Waals surface area (Å²) in [6.45, 7) is 3.33. The Morgan fingerprint density at radius 2 is 2.33 bits per heavy atom. The molecule has 1 amide bonds. The number of carbonyl (C=O) groups excluding carboxylic acids is 1. The topological polar surface area (TPSA) is 46.3 Å². The molecule has 0 aromatic heterocycles. The lowest BCUT2D eigenvalue weighted by Gasteiger charge is -2.14. The summed E-state index contributed by atoms with van der Waals surface area (Å²) in [5.41, 5.74) is 7.79. The molecule has 3 nitrogen and oxygen atoms in total. The van der Waals surface area contributed by atoms with Crippen LogP contribution in [-0.2, 0) is 4.79 Å². The lowest BCUT2D eigenvalue weighted by atomic mass is 9.98. The normalized spacial score (nSPS) is 20.6. The fourth-order valence-corrected chi connectivity index (χ4v) is 2.13. The van der Waals surface area contributed by atoms with E-state index in [9.17, 15) is 4.79 Å². The summed E-state index contributed by atoms with van der Waals surface area (Å²) in [6, 6.07) is 7.96. The third-order valence-electron chi connectivity index (χ3n) is 3.02. The first-order valence-corrected chi connectivity index (χ1v) is 5.28. The van der Waals surface area contributed by atoms with Crippen molar-refractivity contribution in [3.05, 3.63) is 29.8 Å². The number of nitrogen functional groups attached to an aromatic ring is 1. The molecule has 1 aliphatic rings. The highest BCUT2D eigenvalue weighted by Crippen LogP contribution is 2.27. The molecule has 1 atom stereocenters. The molecule has 80 valence electrons. The van der Waals surface area contributed by atoms with E-state index < -0.39 is 0 Å². The SMILES string of the molecule is CC(=O)N1CCC(c2cccc(N)c2)C1. The van der Waals surface area contributed by atoms with E-state index in [0.29, 0.717) is 5.92 Å². The van der Waals surface area contributed by atoms with Gasteiger partial charge in [0.15, 0.2) is 0 Å². The van der Waals surface area contributed by atoms with Crippen molar-refractivity contribution >= 4 is 11.6 Å². The highest BCUT2D eigenvalue weighted by Gasteiger charge is 2.25. The molecule has 3 heteroatoms. The molecule has 0 radical (unpaired) electrons. The molecule has 1 aromatic rings. The van der Waals surface area contributed by atoms with Crippen LogP contribution < -0.4 is 5.73 Å². The van der Waals surface area contributed by atoms with Gasteiger partial charge in [-0.05, 0) is 24.1 Å². The molecular weight excluding hydrogens is 188 g/mol. The number of benzene rings is 1. The average Bonchev–Trinajstić information content (AvgIpc) is 2.66. The molecule has 1 saturated heterocycles. The second-order valence-corrected chi connectivity index (χ2v) is 4.12. The number of nitrogens with zero attached hydrogens (tertiary/aromatic N) is 1. The van der Waals surface area contributed by atoms with Gasteiger partial charge in [0.1, 0.15) is 0 Å². The summed E-state index contributed by atoms with van der Waals surface area (Å²) < 4.78 is 0.